The maximum atomic E-state index is 12.4. The number of hydrogen-bond donors (Lipinski definition) is 1. The maximum absolute atomic E-state index is 12.4. The third-order valence-corrected chi connectivity index (χ3v) is 6.36. The lowest BCUT2D eigenvalue weighted by Crippen LogP contribution is -2.21. The smallest absolute Gasteiger partial charge is 0.265 e. The van der Waals surface area contributed by atoms with Crippen LogP contribution in [0.25, 0.3) is 11.4 Å². The molecule has 0 saturated carbocycles. The highest BCUT2D eigenvalue weighted by atomic mass is 32.2. The van der Waals surface area contributed by atoms with Gasteiger partial charge < -0.3 is 19.5 Å². The minimum Gasteiger partial charge on any atom is -0.497 e. The topological polar surface area (TPSA) is 102 Å². The van der Waals surface area contributed by atoms with Crippen molar-refractivity contribution < 1.29 is 14.3 Å². The lowest BCUT2D eigenvalue weighted by Gasteiger charge is -2.08. The number of nitrogens with zero attached hydrogens (tertiary/aromatic N) is 5. The summed E-state index contributed by atoms with van der Waals surface area (Å²) in [7, 11) is 4.98. The Balaban J connectivity index is 1.68. The standard InChI is InChI=1S/C20H24N6O3S2/c1-6-26-17(13-8-7-9-14(10-13)29-5)23-24-20(26)30-11-15(27)22-19-21-12(2)16(31-19)18(28)25(3)4/h7-10H,6,11H2,1-5H3,(H,21,22,27). The summed E-state index contributed by atoms with van der Waals surface area (Å²) in [6.07, 6.45) is 0. The van der Waals surface area contributed by atoms with Gasteiger partial charge in [-0.2, -0.15) is 0 Å². The lowest BCUT2D eigenvalue weighted by atomic mass is 10.2. The van der Waals surface area contributed by atoms with Gasteiger partial charge >= 0.3 is 0 Å². The Morgan fingerprint density at radius 1 is 1.29 bits per heavy atom. The Kier molecular flexibility index (Phi) is 7.29. The number of aryl methyl sites for hydroxylation is 1. The molecular weight excluding hydrogens is 436 g/mol. The molecule has 3 rings (SSSR count). The van der Waals surface area contributed by atoms with E-state index < -0.39 is 0 Å². The summed E-state index contributed by atoms with van der Waals surface area (Å²) in [6, 6.07) is 7.61. The number of ether oxygens (including phenoxy) is 1. The van der Waals surface area contributed by atoms with Crippen LogP contribution in [0.3, 0.4) is 0 Å². The zero-order valence-corrected chi connectivity index (χ0v) is 19.6. The zero-order chi connectivity index (χ0) is 22.5. The third-order valence-electron chi connectivity index (χ3n) is 4.34. The number of aromatic nitrogens is 4. The normalized spacial score (nSPS) is 10.7. The number of carbonyl (C=O) groups is 2. The quantitative estimate of drug-likeness (QED) is 0.515. The molecule has 0 saturated heterocycles. The van der Waals surface area contributed by atoms with Crippen molar-refractivity contribution in [2.45, 2.75) is 25.5 Å². The molecule has 1 N–H and O–H groups in total. The molecule has 1 aromatic carbocycles. The van der Waals surface area contributed by atoms with E-state index in [2.05, 4.69) is 20.5 Å². The molecule has 0 bridgehead atoms. The molecule has 31 heavy (non-hydrogen) atoms. The summed E-state index contributed by atoms with van der Waals surface area (Å²) in [5.41, 5.74) is 1.49. The molecule has 0 aliphatic carbocycles. The van der Waals surface area contributed by atoms with Gasteiger partial charge in [0.05, 0.1) is 18.6 Å². The first kappa shape index (κ1) is 22.8. The van der Waals surface area contributed by atoms with E-state index >= 15 is 0 Å². The summed E-state index contributed by atoms with van der Waals surface area (Å²) in [5.74, 6) is 1.24. The van der Waals surface area contributed by atoms with Gasteiger partial charge in [-0.25, -0.2) is 4.98 Å². The van der Waals surface area contributed by atoms with Crippen LogP contribution in [0.5, 0.6) is 5.75 Å². The number of carbonyl (C=O) groups excluding carboxylic acids is 2. The predicted molar refractivity (Wildman–Crippen MR) is 122 cm³/mol. The fourth-order valence-electron chi connectivity index (χ4n) is 2.79. The van der Waals surface area contributed by atoms with Crippen molar-refractivity contribution in [2.75, 3.05) is 32.3 Å². The second-order valence-corrected chi connectivity index (χ2v) is 8.69. The molecule has 0 fully saturated rings. The van der Waals surface area contributed by atoms with Gasteiger partial charge in [-0.05, 0) is 26.0 Å². The van der Waals surface area contributed by atoms with Crippen molar-refractivity contribution in [3.8, 4) is 17.1 Å². The molecule has 0 unspecified atom stereocenters. The van der Waals surface area contributed by atoms with Crippen LogP contribution in [0.1, 0.15) is 22.3 Å². The summed E-state index contributed by atoms with van der Waals surface area (Å²) in [5, 5.41) is 12.4. The Morgan fingerprint density at radius 3 is 2.74 bits per heavy atom. The number of nitrogens with one attached hydrogen (secondary N) is 1. The molecule has 2 aromatic heterocycles. The number of anilines is 1. The molecule has 0 aliphatic rings. The fraction of sp³-hybridized carbons (Fsp3) is 0.350. The average Bonchev–Trinajstić information content (AvgIpc) is 3.34. The highest BCUT2D eigenvalue weighted by Gasteiger charge is 2.19. The van der Waals surface area contributed by atoms with Gasteiger partial charge in [0, 0.05) is 26.2 Å². The summed E-state index contributed by atoms with van der Waals surface area (Å²) in [4.78, 5) is 30.9. The monoisotopic (exact) mass is 460 g/mol. The number of thioether (sulfide) groups is 1. The van der Waals surface area contributed by atoms with E-state index in [1.54, 1.807) is 28.1 Å². The molecule has 11 heteroatoms. The minimum absolute atomic E-state index is 0.133. The van der Waals surface area contributed by atoms with Gasteiger partial charge in [0.15, 0.2) is 16.1 Å². The molecule has 0 aliphatic heterocycles. The van der Waals surface area contributed by atoms with Crippen LogP contribution >= 0.6 is 23.1 Å². The van der Waals surface area contributed by atoms with Crippen LogP contribution in [0.15, 0.2) is 29.4 Å². The molecule has 164 valence electrons. The van der Waals surface area contributed by atoms with E-state index in [-0.39, 0.29) is 17.6 Å². The molecular formula is C20H24N6O3S2. The first-order valence-electron chi connectivity index (χ1n) is 9.53. The molecule has 9 nitrogen and oxygen atoms in total. The van der Waals surface area contributed by atoms with Gasteiger partial charge in [-0.1, -0.05) is 35.2 Å². The number of thiazole rings is 1. The highest BCUT2D eigenvalue weighted by Crippen LogP contribution is 2.27. The molecule has 0 radical (unpaired) electrons. The Bertz CT molecular complexity index is 1090. The van der Waals surface area contributed by atoms with Crippen LogP contribution < -0.4 is 10.1 Å². The van der Waals surface area contributed by atoms with E-state index in [1.807, 2.05) is 35.8 Å². The van der Waals surface area contributed by atoms with Gasteiger partial charge in [-0.15, -0.1) is 10.2 Å². The molecule has 2 amide bonds. The van der Waals surface area contributed by atoms with Crippen LogP contribution in [-0.2, 0) is 11.3 Å². The highest BCUT2D eigenvalue weighted by molar-refractivity contribution is 7.99. The Labute approximate surface area is 188 Å². The first-order valence-corrected chi connectivity index (χ1v) is 11.3. The third kappa shape index (κ3) is 5.23. The molecule has 0 spiro atoms. The second-order valence-electron chi connectivity index (χ2n) is 6.75. The predicted octanol–water partition coefficient (Wildman–Crippen LogP) is 3.17. The van der Waals surface area contributed by atoms with Gasteiger partial charge in [0.2, 0.25) is 5.91 Å². The van der Waals surface area contributed by atoms with E-state index in [4.69, 9.17) is 4.74 Å². The van der Waals surface area contributed by atoms with Gasteiger partial charge in [-0.3, -0.25) is 9.59 Å². The second kappa shape index (κ2) is 9.92. The molecule has 0 atom stereocenters. The molecule has 3 aromatic rings. The van der Waals surface area contributed by atoms with Gasteiger partial charge in [0.1, 0.15) is 10.6 Å². The van der Waals surface area contributed by atoms with E-state index in [1.165, 1.54) is 28.0 Å². The molecule has 2 heterocycles. The summed E-state index contributed by atoms with van der Waals surface area (Å²) >= 11 is 2.46. The van der Waals surface area contributed by atoms with E-state index in [0.29, 0.717) is 33.2 Å². The number of benzene rings is 1. The van der Waals surface area contributed by atoms with Crippen molar-refractivity contribution in [3.05, 3.63) is 34.8 Å². The van der Waals surface area contributed by atoms with E-state index in [0.717, 1.165) is 11.3 Å². The maximum Gasteiger partial charge on any atom is 0.265 e. The summed E-state index contributed by atoms with van der Waals surface area (Å²) < 4.78 is 7.24. The van der Waals surface area contributed by atoms with Gasteiger partial charge in [0.25, 0.3) is 5.91 Å². The number of rotatable bonds is 8. The zero-order valence-electron chi connectivity index (χ0n) is 18.0. The van der Waals surface area contributed by atoms with Crippen molar-refractivity contribution >= 4 is 40.0 Å². The number of methoxy groups -OCH3 is 1. The van der Waals surface area contributed by atoms with Crippen LogP contribution in [0.2, 0.25) is 0 Å². The van der Waals surface area contributed by atoms with Crippen molar-refractivity contribution in [1.29, 1.82) is 0 Å². The van der Waals surface area contributed by atoms with E-state index in [9.17, 15) is 9.59 Å². The number of hydrogen-bond acceptors (Lipinski definition) is 8. The van der Waals surface area contributed by atoms with Crippen LogP contribution in [0.4, 0.5) is 5.13 Å². The first-order chi connectivity index (χ1) is 14.8. The van der Waals surface area contributed by atoms with Crippen molar-refractivity contribution in [1.82, 2.24) is 24.6 Å². The Hall–Kier alpha value is -2.92. The summed E-state index contributed by atoms with van der Waals surface area (Å²) in [6.45, 7) is 4.41. The number of amides is 2. The minimum atomic E-state index is -0.226. The lowest BCUT2D eigenvalue weighted by molar-refractivity contribution is -0.113. The van der Waals surface area contributed by atoms with Crippen LogP contribution in [-0.4, -0.2) is 63.4 Å². The Morgan fingerprint density at radius 2 is 2.06 bits per heavy atom. The fourth-order valence-corrected chi connectivity index (χ4v) is 4.60. The van der Waals surface area contributed by atoms with Crippen molar-refractivity contribution in [2.24, 2.45) is 0 Å². The average molecular weight is 461 g/mol. The van der Waals surface area contributed by atoms with Crippen LogP contribution in [0, 0.1) is 6.92 Å². The SMILES string of the molecule is CCn1c(SCC(=O)Nc2nc(C)c(C(=O)N(C)C)s2)nnc1-c1cccc(OC)c1. The largest absolute Gasteiger partial charge is 0.497 e. The van der Waals surface area contributed by atoms with Crippen molar-refractivity contribution in [3.63, 3.8) is 0 Å².